The number of hydrogen-bond donors (Lipinski definition) is 1. The number of benzene rings is 2. The van der Waals surface area contributed by atoms with Crippen LogP contribution >= 0.6 is 0 Å². The minimum Gasteiger partial charge on any atom is -0.512 e. The number of aromatic nitrogens is 1. The summed E-state index contributed by atoms with van der Waals surface area (Å²) in [6.45, 7) is 22.0. The van der Waals surface area contributed by atoms with Gasteiger partial charge in [0.05, 0.1) is 12.6 Å². The first-order chi connectivity index (χ1) is 16.8. The Morgan fingerprint density at radius 2 is 1.53 bits per heavy atom. The quantitative estimate of drug-likeness (QED) is 0.169. The van der Waals surface area contributed by atoms with Gasteiger partial charge in [-0.05, 0) is 29.3 Å². The van der Waals surface area contributed by atoms with Crippen molar-refractivity contribution in [3.8, 4) is 17.0 Å². The van der Waals surface area contributed by atoms with E-state index in [2.05, 4.69) is 58.9 Å². The summed E-state index contributed by atoms with van der Waals surface area (Å²) in [5, 5.41) is 10.7. The Labute approximate surface area is 243 Å². The van der Waals surface area contributed by atoms with Crippen LogP contribution in [0.1, 0.15) is 79.0 Å². The van der Waals surface area contributed by atoms with E-state index < -0.39 is 5.41 Å². The number of hydrogen-bond acceptors (Lipinski definition) is 4. The molecule has 0 bridgehead atoms. The van der Waals surface area contributed by atoms with Crippen molar-refractivity contribution in [3.05, 3.63) is 71.0 Å². The zero-order valence-electron chi connectivity index (χ0n) is 25.1. The smallest absolute Gasteiger partial charge is 0.164 e. The number of aryl methyl sites for hydroxylation is 2. The summed E-state index contributed by atoms with van der Waals surface area (Å²) in [6.07, 6.45) is 1.33. The second kappa shape index (κ2) is 12.6. The van der Waals surface area contributed by atoms with Crippen LogP contribution in [0.25, 0.3) is 22.2 Å². The van der Waals surface area contributed by atoms with E-state index in [4.69, 9.17) is 9.72 Å². The maximum atomic E-state index is 11.5. The van der Waals surface area contributed by atoms with Gasteiger partial charge in [-0.2, -0.15) is 0 Å². The van der Waals surface area contributed by atoms with Crippen molar-refractivity contribution in [2.75, 3.05) is 7.11 Å². The molecule has 209 valence electrons. The molecule has 1 radical (unpaired) electrons. The predicted octanol–water partition coefficient (Wildman–Crippen LogP) is 8.71. The molecule has 1 N–H and O–H groups in total. The van der Waals surface area contributed by atoms with Crippen molar-refractivity contribution in [2.24, 2.45) is 10.8 Å². The first-order valence-electron chi connectivity index (χ1n) is 12.8. The third-order valence-corrected chi connectivity index (χ3v) is 6.01. The molecule has 1 heterocycles. The monoisotopic (exact) mass is 695 g/mol. The van der Waals surface area contributed by atoms with Crippen LogP contribution in [0.4, 0.5) is 0 Å². The molecule has 0 aliphatic rings. The minimum absolute atomic E-state index is 0. The van der Waals surface area contributed by atoms with Crippen LogP contribution in [0.5, 0.6) is 5.75 Å². The molecule has 1 aromatic heterocycles. The molecular formula is C33H44IrNO3-. The number of carbonyl (C=O) groups excluding carboxylic acids is 1. The summed E-state index contributed by atoms with van der Waals surface area (Å²) in [4.78, 5) is 16.5. The molecular weight excluding hydrogens is 651 g/mol. The van der Waals surface area contributed by atoms with Crippen LogP contribution in [0, 0.1) is 30.7 Å². The predicted molar refractivity (Wildman–Crippen MR) is 155 cm³/mol. The molecule has 38 heavy (non-hydrogen) atoms. The van der Waals surface area contributed by atoms with Gasteiger partial charge < -0.3 is 9.84 Å². The average Bonchev–Trinajstić information content (AvgIpc) is 2.75. The number of carbonyl (C=O) groups is 1. The number of aliphatic hydroxyl groups excluding tert-OH is 1. The van der Waals surface area contributed by atoms with E-state index in [0.29, 0.717) is 0 Å². The molecule has 0 saturated heterocycles. The number of allylic oxidation sites excluding steroid dienone is 2. The SMILES string of the molecule is CC(C)(C)C(=O)/C=C(\O)C(C)(C)C.COc1ccc2nc(-c3[c-]c(C)cc(C)c3)c(C(C)(C)C)cc2c1.[Ir]. The summed E-state index contributed by atoms with van der Waals surface area (Å²) in [7, 11) is 1.69. The summed E-state index contributed by atoms with van der Waals surface area (Å²) in [5.74, 6) is 0.960. The Kier molecular flexibility index (Phi) is 11.1. The Morgan fingerprint density at radius 1 is 0.921 bits per heavy atom. The topological polar surface area (TPSA) is 59.4 Å². The number of pyridine rings is 1. The van der Waals surface area contributed by atoms with Crippen LogP contribution in [0.2, 0.25) is 0 Å². The molecule has 0 aliphatic heterocycles. The largest absolute Gasteiger partial charge is 0.512 e. The van der Waals surface area contributed by atoms with E-state index in [-0.39, 0.29) is 42.5 Å². The first kappa shape index (κ1) is 33.5. The van der Waals surface area contributed by atoms with Crippen LogP contribution in [0.15, 0.2) is 48.2 Å². The van der Waals surface area contributed by atoms with Crippen molar-refractivity contribution >= 4 is 16.7 Å². The first-order valence-corrected chi connectivity index (χ1v) is 12.8. The fourth-order valence-corrected chi connectivity index (χ4v) is 3.64. The summed E-state index contributed by atoms with van der Waals surface area (Å²) in [6, 6.07) is 16.1. The van der Waals surface area contributed by atoms with Gasteiger partial charge in [-0.3, -0.25) is 9.78 Å². The van der Waals surface area contributed by atoms with Gasteiger partial charge in [0.2, 0.25) is 0 Å². The second-order valence-corrected chi connectivity index (χ2v) is 12.8. The Balaban J connectivity index is 0.000000444. The third-order valence-electron chi connectivity index (χ3n) is 6.01. The third kappa shape index (κ3) is 9.06. The van der Waals surface area contributed by atoms with E-state index in [1.807, 2.05) is 59.7 Å². The molecule has 3 rings (SSSR count). The fraction of sp³-hybridized carbons (Fsp3) is 0.455. The zero-order chi connectivity index (χ0) is 28.3. The van der Waals surface area contributed by atoms with Gasteiger partial charge >= 0.3 is 0 Å². The molecule has 0 saturated carbocycles. The Hall–Kier alpha value is -2.49. The minimum atomic E-state index is -0.417. The van der Waals surface area contributed by atoms with Gasteiger partial charge in [0.15, 0.2) is 5.78 Å². The van der Waals surface area contributed by atoms with Crippen molar-refractivity contribution in [1.29, 1.82) is 0 Å². The van der Waals surface area contributed by atoms with E-state index >= 15 is 0 Å². The number of rotatable bonds is 3. The van der Waals surface area contributed by atoms with Gasteiger partial charge in [-0.25, -0.2) is 0 Å². The maximum Gasteiger partial charge on any atom is 0.164 e. The number of methoxy groups -OCH3 is 1. The van der Waals surface area contributed by atoms with E-state index in [9.17, 15) is 9.90 Å². The van der Waals surface area contributed by atoms with Crippen LogP contribution < -0.4 is 4.74 Å². The van der Waals surface area contributed by atoms with Crippen molar-refractivity contribution in [1.82, 2.24) is 4.98 Å². The molecule has 2 aromatic carbocycles. The molecule has 0 fully saturated rings. The van der Waals surface area contributed by atoms with Gasteiger partial charge in [-0.15, -0.1) is 34.9 Å². The molecule has 0 spiro atoms. The van der Waals surface area contributed by atoms with Gasteiger partial charge in [0.1, 0.15) is 11.5 Å². The maximum absolute atomic E-state index is 11.5. The summed E-state index contributed by atoms with van der Waals surface area (Å²) < 4.78 is 5.36. The molecule has 0 atom stereocenters. The second-order valence-electron chi connectivity index (χ2n) is 12.8. The number of aliphatic hydroxyl groups is 1. The molecule has 3 aromatic rings. The molecule has 0 unspecified atom stereocenters. The van der Waals surface area contributed by atoms with Crippen LogP contribution in [-0.2, 0) is 30.3 Å². The number of ketones is 1. The normalized spacial score (nSPS) is 12.4. The Morgan fingerprint density at radius 3 is 2.00 bits per heavy atom. The molecule has 0 amide bonds. The summed E-state index contributed by atoms with van der Waals surface area (Å²) >= 11 is 0. The van der Waals surface area contributed by atoms with E-state index in [1.54, 1.807) is 7.11 Å². The van der Waals surface area contributed by atoms with Crippen LogP contribution in [-0.4, -0.2) is 23.0 Å². The van der Waals surface area contributed by atoms with E-state index in [0.717, 1.165) is 33.5 Å². The van der Waals surface area contributed by atoms with E-state index in [1.165, 1.54) is 17.2 Å². The molecule has 0 aliphatic carbocycles. The number of nitrogens with zero attached hydrogens (tertiary/aromatic N) is 1. The molecule has 5 heteroatoms. The van der Waals surface area contributed by atoms with Crippen molar-refractivity contribution in [3.63, 3.8) is 0 Å². The Bertz CT molecular complexity index is 1280. The van der Waals surface area contributed by atoms with Crippen molar-refractivity contribution in [2.45, 2.75) is 81.6 Å². The zero-order valence-corrected chi connectivity index (χ0v) is 27.5. The van der Waals surface area contributed by atoms with Gasteiger partial charge in [0, 0.05) is 42.4 Å². The van der Waals surface area contributed by atoms with Crippen LogP contribution in [0.3, 0.4) is 0 Å². The average molecular weight is 695 g/mol. The van der Waals surface area contributed by atoms with Gasteiger partial charge in [-0.1, -0.05) is 87.8 Å². The summed E-state index contributed by atoms with van der Waals surface area (Å²) in [5.41, 5.74) is 5.89. The molecule has 4 nitrogen and oxygen atoms in total. The van der Waals surface area contributed by atoms with Gasteiger partial charge in [0.25, 0.3) is 0 Å². The fourth-order valence-electron chi connectivity index (χ4n) is 3.64. The number of fused-ring (bicyclic) bond motifs is 1. The number of ether oxygens (including phenoxy) is 1. The standard InChI is InChI=1S/C22H24NO.C11H20O2.Ir/c1-14-9-15(2)11-17(10-14)21-19(22(3,4)5)13-16-12-18(24-6)7-8-20(16)23-21;1-10(2,3)8(12)7-9(13)11(4,5)6;/h7-10,12-13H,1-6H3;7,12H,1-6H3;/q-1;;/b;8-7-;. The van der Waals surface area contributed by atoms with Crippen molar-refractivity contribution < 1.29 is 34.7 Å².